The Labute approximate surface area is 116 Å². The highest BCUT2D eigenvalue weighted by atomic mass is 16.5. The van der Waals surface area contributed by atoms with Crippen LogP contribution in [-0.4, -0.2) is 62.7 Å². The van der Waals surface area contributed by atoms with Crippen LogP contribution in [0.5, 0.6) is 0 Å². The number of hydrogen-bond acceptors (Lipinski definition) is 5. The number of aliphatic carboxylic acids is 1. The highest BCUT2D eigenvalue weighted by Gasteiger charge is 2.49. The van der Waals surface area contributed by atoms with Crippen molar-refractivity contribution in [2.75, 3.05) is 20.3 Å². The van der Waals surface area contributed by atoms with Crippen molar-refractivity contribution < 1.29 is 19.4 Å². The van der Waals surface area contributed by atoms with E-state index >= 15 is 0 Å². The van der Waals surface area contributed by atoms with Crippen molar-refractivity contribution in [3.63, 3.8) is 0 Å². The van der Waals surface area contributed by atoms with E-state index in [1.807, 2.05) is 0 Å². The van der Waals surface area contributed by atoms with E-state index in [0.29, 0.717) is 25.9 Å². The van der Waals surface area contributed by atoms with Gasteiger partial charge in [-0.2, -0.15) is 0 Å². The molecule has 1 fully saturated rings. The lowest BCUT2D eigenvalue weighted by molar-refractivity contribution is -0.160. The van der Waals surface area contributed by atoms with Gasteiger partial charge in [0.25, 0.3) is 0 Å². The number of carbonyl (C=O) groups is 2. The number of aromatic nitrogens is 3. The van der Waals surface area contributed by atoms with Crippen molar-refractivity contribution in [1.82, 2.24) is 19.9 Å². The fraction of sp³-hybridized carbons (Fsp3) is 0.667. The molecule has 1 aliphatic heterocycles. The van der Waals surface area contributed by atoms with Gasteiger partial charge in [0, 0.05) is 26.3 Å². The Balaban J connectivity index is 2.05. The highest BCUT2D eigenvalue weighted by molar-refractivity contribution is 5.88. The van der Waals surface area contributed by atoms with Gasteiger partial charge in [-0.05, 0) is 12.8 Å². The lowest BCUT2D eigenvalue weighted by atomic mass is 9.97. The molecule has 1 aliphatic rings. The van der Waals surface area contributed by atoms with Crippen LogP contribution in [0.1, 0.15) is 19.3 Å². The molecular weight excluding hydrogens is 264 g/mol. The third kappa shape index (κ3) is 2.64. The van der Waals surface area contributed by atoms with Gasteiger partial charge in [0.05, 0.1) is 19.3 Å². The van der Waals surface area contributed by atoms with E-state index in [2.05, 4.69) is 10.3 Å². The Bertz CT molecular complexity index is 476. The molecule has 8 heteroatoms. The number of carboxylic acid groups (broad SMARTS) is 1. The maximum absolute atomic E-state index is 12.3. The van der Waals surface area contributed by atoms with Crippen LogP contribution in [-0.2, 0) is 20.9 Å². The summed E-state index contributed by atoms with van der Waals surface area (Å²) < 4.78 is 6.57. The van der Waals surface area contributed by atoms with Gasteiger partial charge in [0.15, 0.2) is 5.54 Å². The molecule has 0 spiro atoms. The van der Waals surface area contributed by atoms with Crippen molar-refractivity contribution in [1.29, 1.82) is 0 Å². The number of hydrogen-bond donors (Lipinski definition) is 1. The molecule has 1 N–H and O–H groups in total. The summed E-state index contributed by atoms with van der Waals surface area (Å²) in [6.45, 7) is 0.848. The Morgan fingerprint density at radius 2 is 2.30 bits per heavy atom. The molecule has 2 heterocycles. The minimum Gasteiger partial charge on any atom is -0.479 e. The summed E-state index contributed by atoms with van der Waals surface area (Å²) in [5.74, 6) is -1.21. The number of methoxy groups -OCH3 is 1. The third-order valence-electron chi connectivity index (χ3n) is 3.60. The summed E-state index contributed by atoms with van der Waals surface area (Å²) in [7, 11) is 1.45. The second-order valence-corrected chi connectivity index (χ2v) is 4.83. The SMILES string of the molecule is COCC1(C(=O)O)CCCN1C(=O)CCn1ccnn1. The second-order valence-electron chi connectivity index (χ2n) is 4.83. The van der Waals surface area contributed by atoms with Gasteiger partial charge >= 0.3 is 5.97 Å². The van der Waals surface area contributed by atoms with Gasteiger partial charge in [-0.1, -0.05) is 5.21 Å². The minimum atomic E-state index is -1.23. The number of amides is 1. The topological polar surface area (TPSA) is 97.6 Å². The second kappa shape index (κ2) is 6.00. The van der Waals surface area contributed by atoms with Crippen molar-refractivity contribution >= 4 is 11.9 Å². The number of nitrogens with zero attached hydrogens (tertiary/aromatic N) is 4. The molecule has 1 atom stereocenters. The molecular formula is C12H18N4O4. The number of rotatable bonds is 6. The highest BCUT2D eigenvalue weighted by Crippen LogP contribution is 2.30. The van der Waals surface area contributed by atoms with Crippen LogP contribution in [0.25, 0.3) is 0 Å². The van der Waals surface area contributed by atoms with E-state index < -0.39 is 11.5 Å². The molecule has 1 amide bonds. The Morgan fingerprint density at radius 3 is 2.90 bits per heavy atom. The zero-order chi connectivity index (χ0) is 14.6. The monoisotopic (exact) mass is 282 g/mol. The summed E-state index contributed by atoms with van der Waals surface area (Å²) in [6.07, 6.45) is 4.49. The van der Waals surface area contributed by atoms with E-state index in [0.717, 1.165) is 0 Å². The molecule has 1 aromatic heterocycles. The third-order valence-corrected chi connectivity index (χ3v) is 3.60. The molecule has 0 aliphatic carbocycles. The zero-order valence-electron chi connectivity index (χ0n) is 11.4. The molecule has 0 bridgehead atoms. The molecule has 0 radical (unpaired) electrons. The number of carboxylic acids is 1. The first-order chi connectivity index (χ1) is 9.60. The molecule has 1 unspecified atom stereocenters. The molecule has 1 saturated heterocycles. The first-order valence-electron chi connectivity index (χ1n) is 6.47. The Hall–Kier alpha value is -1.96. The standard InChI is InChI=1S/C12H18N4O4/c1-20-9-12(11(18)19)4-2-6-16(12)10(17)3-7-15-8-5-13-14-15/h5,8H,2-4,6-7,9H2,1H3,(H,18,19). The van der Waals surface area contributed by atoms with Gasteiger partial charge in [0.1, 0.15) is 0 Å². The van der Waals surface area contributed by atoms with Gasteiger partial charge in [-0.3, -0.25) is 9.48 Å². The van der Waals surface area contributed by atoms with Crippen LogP contribution in [0.4, 0.5) is 0 Å². The number of likely N-dealkylation sites (tertiary alicyclic amines) is 1. The van der Waals surface area contributed by atoms with E-state index in [-0.39, 0.29) is 18.9 Å². The van der Waals surface area contributed by atoms with Gasteiger partial charge in [0.2, 0.25) is 5.91 Å². The molecule has 2 rings (SSSR count). The molecule has 0 saturated carbocycles. The molecule has 1 aromatic rings. The average Bonchev–Trinajstić information content (AvgIpc) is 3.06. The van der Waals surface area contributed by atoms with E-state index in [1.165, 1.54) is 18.2 Å². The number of ether oxygens (including phenoxy) is 1. The Morgan fingerprint density at radius 1 is 1.50 bits per heavy atom. The first kappa shape index (κ1) is 14.4. The fourth-order valence-corrected chi connectivity index (χ4v) is 2.61. The van der Waals surface area contributed by atoms with Gasteiger partial charge < -0.3 is 14.7 Å². The van der Waals surface area contributed by atoms with E-state index in [4.69, 9.17) is 4.74 Å². The molecule has 8 nitrogen and oxygen atoms in total. The average molecular weight is 282 g/mol. The van der Waals surface area contributed by atoms with Crippen molar-refractivity contribution in [2.24, 2.45) is 0 Å². The van der Waals surface area contributed by atoms with E-state index in [1.54, 1.807) is 10.9 Å². The smallest absolute Gasteiger partial charge is 0.332 e. The summed E-state index contributed by atoms with van der Waals surface area (Å²) >= 11 is 0. The van der Waals surface area contributed by atoms with Crippen LogP contribution in [0.2, 0.25) is 0 Å². The normalized spacial score (nSPS) is 22.1. The zero-order valence-corrected chi connectivity index (χ0v) is 11.4. The van der Waals surface area contributed by atoms with Crippen LogP contribution in [0.15, 0.2) is 12.4 Å². The van der Waals surface area contributed by atoms with Crippen molar-refractivity contribution in [3.05, 3.63) is 12.4 Å². The molecule has 0 aromatic carbocycles. The first-order valence-corrected chi connectivity index (χ1v) is 6.47. The van der Waals surface area contributed by atoms with Crippen LogP contribution >= 0.6 is 0 Å². The molecule has 20 heavy (non-hydrogen) atoms. The van der Waals surface area contributed by atoms with Crippen molar-refractivity contribution in [3.8, 4) is 0 Å². The number of aryl methyl sites for hydroxylation is 1. The quantitative estimate of drug-likeness (QED) is 0.773. The summed E-state index contributed by atoms with van der Waals surface area (Å²) in [6, 6.07) is 0. The van der Waals surface area contributed by atoms with Crippen LogP contribution in [0, 0.1) is 0 Å². The van der Waals surface area contributed by atoms with Gasteiger partial charge in [-0.25, -0.2) is 4.79 Å². The lowest BCUT2D eigenvalue weighted by Crippen LogP contribution is -2.56. The fourth-order valence-electron chi connectivity index (χ4n) is 2.61. The number of carbonyl (C=O) groups excluding carboxylic acids is 1. The van der Waals surface area contributed by atoms with Gasteiger partial charge in [-0.15, -0.1) is 5.10 Å². The van der Waals surface area contributed by atoms with E-state index in [9.17, 15) is 14.7 Å². The predicted octanol–water partition coefficient (Wildman–Crippen LogP) is -0.240. The Kier molecular flexibility index (Phi) is 4.33. The minimum absolute atomic E-state index is 0.0113. The summed E-state index contributed by atoms with van der Waals surface area (Å²) in [5.41, 5.74) is -1.23. The molecule has 110 valence electrons. The largest absolute Gasteiger partial charge is 0.479 e. The van der Waals surface area contributed by atoms with Crippen molar-refractivity contribution in [2.45, 2.75) is 31.3 Å². The summed E-state index contributed by atoms with van der Waals surface area (Å²) in [5, 5.41) is 16.9. The van der Waals surface area contributed by atoms with Crippen LogP contribution in [0.3, 0.4) is 0 Å². The summed E-state index contributed by atoms with van der Waals surface area (Å²) in [4.78, 5) is 25.3. The van der Waals surface area contributed by atoms with Crippen LogP contribution < -0.4 is 0 Å². The lowest BCUT2D eigenvalue weighted by Gasteiger charge is -2.34. The maximum atomic E-state index is 12.3. The maximum Gasteiger partial charge on any atom is 0.332 e. The predicted molar refractivity (Wildman–Crippen MR) is 67.8 cm³/mol.